The van der Waals surface area contributed by atoms with Crippen molar-refractivity contribution in [3.63, 3.8) is 0 Å². The van der Waals surface area contributed by atoms with Crippen molar-refractivity contribution in [3.8, 4) is 5.75 Å². The summed E-state index contributed by atoms with van der Waals surface area (Å²) in [6.07, 6.45) is 0.412. The van der Waals surface area contributed by atoms with Gasteiger partial charge in [-0.2, -0.15) is 0 Å². The fraction of sp³-hybridized carbons (Fsp3) is 0.333. The van der Waals surface area contributed by atoms with E-state index in [1.807, 2.05) is 31.2 Å². The Morgan fingerprint density at radius 2 is 2.08 bits per heavy atom. The lowest BCUT2D eigenvalue weighted by molar-refractivity contribution is -0.117. The molecular formula is C18H19BrN2O4. The molecule has 1 aromatic heterocycles. The standard InChI is InChI=1S/C18H19BrN2O4/c1-2-24-14-5-3-13(4-6-14)21-11-12(9-17(21)22)10-20-18(23)15-7-8-16(19)25-15/h3-8,12H,2,9-11H2,1H3,(H,20,23). The number of benzene rings is 1. The van der Waals surface area contributed by atoms with Gasteiger partial charge in [0, 0.05) is 31.1 Å². The molecule has 0 bridgehead atoms. The van der Waals surface area contributed by atoms with Crippen molar-refractivity contribution in [2.24, 2.45) is 5.92 Å². The molecule has 1 aliphatic rings. The minimum Gasteiger partial charge on any atom is -0.494 e. The molecule has 0 aliphatic carbocycles. The topological polar surface area (TPSA) is 71.8 Å². The van der Waals surface area contributed by atoms with Gasteiger partial charge in [0.25, 0.3) is 5.91 Å². The van der Waals surface area contributed by atoms with E-state index in [0.29, 0.717) is 30.8 Å². The van der Waals surface area contributed by atoms with Gasteiger partial charge < -0.3 is 19.4 Å². The Morgan fingerprint density at radius 3 is 2.72 bits per heavy atom. The number of rotatable bonds is 6. The van der Waals surface area contributed by atoms with Crippen LogP contribution in [0.4, 0.5) is 5.69 Å². The lowest BCUT2D eigenvalue weighted by Crippen LogP contribution is -2.31. The van der Waals surface area contributed by atoms with E-state index in [1.165, 1.54) is 0 Å². The molecule has 2 aromatic rings. The van der Waals surface area contributed by atoms with Crippen LogP contribution in [0.15, 0.2) is 45.5 Å². The maximum atomic E-state index is 12.3. The molecule has 0 spiro atoms. The summed E-state index contributed by atoms with van der Waals surface area (Å²) in [6.45, 7) is 3.54. The van der Waals surface area contributed by atoms with E-state index in [0.717, 1.165) is 11.4 Å². The van der Waals surface area contributed by atoms with Gasteiger partial charge in [-0.25, -0.2) is 0 Å². The van der Waals surface area contributed by atoms with Crippen molar-refractivity contribution in [1.29, 1.82) is 0 Å². The van der Waals surface area contributed by atoms with Crippen LogP contribution in [0.1, 0.15) is 23.9 Å². The van der Waals surface area contributed by atoms with E-state index in [2.05, 4.69) is 21.2 Å². The molecule has 1 saturated heterocycles. The van der Waals surface area contributed by atoms with Gasteiger partial charge in [-0.05, 0) is 59.3 Å². The average molecular weight is 407 g/mol. The van der Waals surface area contributed by atoms with Crippen LogP contribution < -0.4 is 15.0 Å². The molecule has 1 aliphatic heterocycles. The Labute approximate surface area is 154 Å². The number of anilines is 1. The third kappa shape index (κ3) is 4.22. The van der Waals surface area contributed by atoms with Crippen molar-refractivity contribution in [2.75, 3.05) is 24.6 Å². The van der Waals surface area contributed by atoms with Gasteiger partial charge in [-0.3, -0.25) is 9.59 Å². The molecule has 1 N–H and O–H groups in total. The summed E-state index contributed by atoms with van der Waals surface area (Å²) in [7, 11) is 0. The molecule has 2 heterocycles. The van der Waals surface area contributed by atoms with Crippen molar-refractivity contribution in [2.45, 2.75) is 13.3 Å². The summed E-state index contributed by atoms with van der Waals surface area (Å²) in [6, 6.07) is 10.7. The number of nitrogens with one attached hydrogen (secondary N) is 1. The summed E-state index contributed by atoms with van der Waals surface area (Å²) in [5.74, 6) is 0.883. The van der Waals surface area contributed by atoms with Crippen LogP contribution in [0.3, 0.4) is 0 Å². The molecule has 0 radical (unpaired) electrons. The van der Waals surface area contributed by atoms with Gasteiger partial charge in [0.2, 0.25) is 5.91 Å². The lowest BCUT2D eigenvalue weighted by atomic mass is 10.1. The van der Waals surface area contributed by atoms with E-state index in [1.54, 1.807) is 17.0 Å². The van der Waals surface area contributed by atoms with Crippen LogP contribution in [0.5, 0.6) is 5.75 Å². The van der Waals surface area contributed by atoms with Crippen molar-refractivity contribution in [1.82, 2.24) is 5.32 Å². The average Bonchev–Trinajstić information content (AvgIpc) is 3.20. The van der Waals surface area contributed by atoms with Gasteiger partial charge in [0.1, 0.15) is 5.75 Å². The molecule has 1 atom stereocenters. The van der Waals surface area contributed by atoms with Crippen molar-refractivity contribution < 1.29 is 18.7 Å². The Morgan fingerprint density at radius 1 is 1.32 bits per heavy atom. The number of hydrogen-bond donors (Lipinski definition) is 1. The first-order valence-electron chi connectivity index (χ1n) is 8.13. The molecule has 0 saturated carbocycles. The molecule has 2 amide bonds. The van der Waals surface area contributed by atoms with E-state index >= 15 is 0 Å². The summed E-state index contributed by atoms with van der Waals surface area (Å²) in [4.78, 5) is 26.0. The third-order valence-electron chi connectivity index (χ3n) is 4.01. The molecule has 1 fully saturated rings. The number of hydrogen-bond acceptors (Lipinski definition) is 4. The van der Waals surface area contributed by atoms with E-state index < -0.39 is 0 Å². The smallest absolute Gasteiger partial charge is 0.287 e. The van der Waals surface area contributed by atoms with Crippen LogP contribution in [-0.2, 0) is 4.79 Å². The minimum absolute atomic E-state index is 0.0594. The van der Waals surface area contributed by atoms with Crippen LogP contribution in [0.2, 0.25) is 0 Å². The maximum Gasteiger partial charge on any atom is 0.287 e. The Balaban J connectivity index is 1.56. The first-order valence-corrected chi connectivity index (χ1v) is 8.93. The van der Waals surface area contributed by atoms with Gasteiger partial charge in [0.15, 0.2) is 10.4 Å². The quantitative estimate of drug-likeness (QED) is 0.798. The zero-order chi connectivity index (χ0) is 17.8. The number of amides is 2. The van der Waals surface area contributed by atoms with Gasteiger partial charge in [0.05, 0.1) is 6.61 Å². The second-order valence-electron chi connectivity index (χ2n) is 5.82. The number of halogens is 1. The summed E-state index contributed by atoms with van der Waals surface area (Å²) >= 11 is 3.17. The molecule has 6 nitrogen and oxygen atoms in total. The number of carbonyl (C=O) groups excluding carboxylic acids is 2. The van der Waals surface area contributed by atoms with Crippen LogP contribution in [0, 0.1) is 5.92 Å². The highest BCUT2D eigenvalue weighted by molar-refractivity contribution is 9.10. The minimum atomic E-state index is -0.280. The molecular weight excluding hydrogens is 388 g/mol. The summed E-state index contributed by atoms with van der Waals surface area (Å²) in [5.41, 5.74) is 0.845. The van der Waals surface area contributed by atoms with Gasteiger partial charge in [-0.1, -0.05) is 0 Å². The van der Waals surface area contributed by atoms with Gasteiger partial charge in [-0.15, -0.1) is 0 Å². The van der Waals surface area contributed by atoms with Crippen LogP contribution >= 0.6 is 15.9 Å². The van der Waals surface area contributed by atoms with E-state index in [4.69, 9.17) is 9.15 Å². The summed E-state index contributed by atoms with van der Waals surface area (Å²) < 4.78 is 11.1. The Kier molecular flexibility index (Phi) is 5.43. The normalized spacial score (nSPS) is 17.0. The number of furan rings is 1. The predicted molar refractivity (Wildman–Crippen MR) is 96.8 cm³/mol. The third-order valence-corrected chi connectivity index (χ3v) is 4.44. The second kappa shape index (κ2) is 7.74. The highest BCUT2D eigenvalue weighted by Crippen LogP contribution is 2.26. The van der Waals surface area contributed by atoms with Crippen LogP contribution in [-0.4, -0.2) is 31.5 Å². The molecule has 1 unspecified atom stereocenters. The summed E-state index contributed by atoms with van der Waals surface area (Å²) in [5, 5.41) is 2.82. The Hall–Kier alpha value is -2.28. The van der Waals surface area contributed by atoms with E-state index in [9.17, 15) is 9.59 Å². The van der Waals surface area contributed by atoms with Gasteiger partial charge >= 0.3 is 0 Å². The lowest BCUT2D eigenvalue weighted by Gasteiger charge is -2.17. The van der Waals surface area contributed by atoms with Crippen LogP contribution in [0.25, 0.3) is 0 Å². The zero-order valence-electron chi connectivity index (χ0n) is 13.8. The molecule has 7 heteroatoms. The maximum absolute atomic E-state index is 12.3. The highest BCUT2D eigenvalue weighted by atomic mass is 79.9. The highest BCUT2D eigenvalue weighted by Gasteiger charge is 2.31. The predicted octanol–water partition coefficient (Wildman–Crippen LogP) is 3.22. The zero-order valence-corrected chi connectivity index (χ0v) is 15.4. The molecule has 132 valence electrons. The SMILES string of the molecule is CCOc1ccc(N2CC(CNC(=O)c3ccc(Br)o3)CC2=O)cc1. The first-order chi connectivity index (χ1) is 12.1. The monoisotopic (exact) mass is 406 g/mol. The molecule has 1 aromatic carbocycles. The fourth-order valence-electron chi connectivity index (χ4n) is 2.82. The number of ether oxygens (including phenoxy) is 1. The fourth-order valence-corrected chi connectivity index (χ4v) is 3.12. The Bertz CT molecular complexity index is 757. The molecule has 25 heavy (non-hydrogen) atoms. The van der Waals surface area contributed by atoms with Crippen molar-refractivity contribution >= 4 is 33.4 Å². The number of nitrogens with zero attached hydrogens (tertiary/aromatic N) is 1. The largest absolute Gasteiger partial charge is 0.494 e. The first kappa shape index (κ1) is 17.5. The second-order valence-corrected chi connectivity index (χ2v) is 6.60. The molecule has 3 rings (SSSR count). The number of carbonyl (C=O) groups is 2. The van der Waals surface area contributed by atoms with E-state index in [-0.39, 0.29) is 23.5 Å². The van der Waals surface area contributed by atoms with Crippen molar-refractivity contribution in [3.05, 3.63) is 46.8 Å².